The maximum absolute atomic E-state index is 12.2. The number of ether oxygens (including phenoxy) is 24. The van der Waals surface area contributed by atoms with Crippen LogP contribution < -0.4 is 0 Å². The van der Waals surface area contributed by atoms with Crippen molar-refractivity contribution in [3.63, 3.8) is 0 Å². The lowest BCUT2D eigenvalue weighted by molar-refractivity contribution is -0.405. The first-order chi connectivity index (χ1) is 56.7. The van der Waals surface area contributed by atoms with Gasteiger partial charge in [-0.05, 0) is 55.4 Å². The Labute approximate surface area is 689 Å². The largest absolute Gasteiger partial charge is 0.391 e. The van der Waals surface area contributed by atoms with Crippen molar-refractivity contribution >= 4 is 0 Å². The van der Waals surface area contributed by atoms with E-state index in [9.17, 15) is 123 Å². The van der Waals surface area contributed by atoms with Crippen LogP contribution in [-0.2, 0) is 114 Å². The van der Waals surface area contributed by atoms with E-state index in [0.29, 0.717) is 0 Å². The van der Waals surface area contributed by atoms with E-state index >= 15 is 0 Å². The van der Waals surface area contributed by atoms with Crippen LogP contribution in [0, 0.1) is 0 Å². The van der Waals surface area contributed by atoms with E-state index in [0.717, 1.165) is 0 Å². The van der Waals surface area contributed by atoms with Crippen LogP contribution in [0.15, 0.2) is 0 Å². The maximum Gasteiger partial charge on any atom is 0.187 e. The van der Waals surface area contributed by atoms with Gasteiger partial charge in [0.25, 0.3) is 0 Å². The summed E-state index contributed by atoms with van der Waals surface area (Å²) in [6.45, 7) is 2.22. The van der Waals surface area contributed by atoms with E-state index in [1.54, 1.807) is 0 Å². The molecule has 8 unspecified atom stereocenters. The average molecular weight is 1760 g/mol. The van der Waals surface area contributed by atoms with Crippen molar-refractivity contribution in [1.82, 2.24) is 0 Å². The molecular weight excluding hydrogens is 1630 g/mol. The molecule has 30 aliphatic rings. The van der Waals surface area contributed by atoms with Crippen LogP contribution in [0.5, 0.6) is 0 Å². The molecule has 0 spiro atoms. The molecule has 48 heteroatoms. The van der Waals surface area contributed by atoms with E-state index < -0.39 is 400 Å². The highest BCUT2D eigenvalue weighted by molar-refractivity contribution is 5.03. The molecule has 48 nitrogen and oxygen atoms in total. The highest BCUT2D eigenvalue weighted by Gasteiger charge is 2.61. The number of hydrogen-bond donors (Lipinski definition) is 24. The van der Waals surface area contributed by atoms with Gasteiger partial charge in [-0.25, -0.2) is 0 Å². The second kappa shape index (κ2) is 47.6. The second-order valence-corrected chi connectivity index (χ2v) is 32.1. The zero-order valence-electron chi connectivity index (χ0n) is 67.6. The molecule has 24 N–H and O–H groups in total. The van der Waals surface area contributed by atoms with Gasteiger partial charge >= 0.3 is 0 Å². The first kappa shape index (κ1) is 102. The van der Waals surface area contributed by atoms with Crippen molar-refractivity contribution < 1.29 is 236 Å². The van der Waals surface area contributed by atoms with Crippen molar-refractivity contribution in [2.45, 2.75) is 350 Å². The normalized spacial score (nSPS) is 46.0. The molecule has 0 aromatic heterocycles. The summed E-state index contributed by atoms with van der Waals surface area (Å²) in [5, 5.41) is 276. The van der Waals surface area contributed by atoms with Crippen molar-refractivity contribution in [2.75, 3.05) is 106 Å². The van der Waals surface area contributed by atoms with Gasteiger partial charge in [-0.2, -0.15) is 0 Å². The summed E-state index contributed by atoms with van der Waals surface area (Å²) < 4.78 is 145. The van der Waals surface area contributed by atoms with E-state index in [4.69, 9.17) is 114 Å². The Morgan fingerprint density at radius 3 is 0.333 bits per heavy atom. The van der Waals surface area contributed by atoms with Gasteiger partial charge in [-0.3, -0.25) is 0 Å². The third-order valence-corrected chi connectivity index (χ3v) is 20.6. The van der Waals surface area contributed by atoms with Gasteiger partial charge < -0.3 is 236 Å². The highest BCUT2D eigenvalue weighted by Crippen LogP contribution is 2.41. The Balaban J connectivity index is 1.10. The monoisotopic (exact) mass is 1760 g/mol. The Morgan fingerprint density at radius 2 is 0.250 bits per heavy atom. The van der Waals surface area contributed by atoms with Gasteiger partial charge in [0.05, 0.1) is 155 Å². The minimum absolute atomic E-state index is 0.409. The molecule has 0 aliphatic carbocycles. The van der Waals surface area contributed by atoms with Crippen LogP contribution in [0.2, 0.25) is 0 Å². The van der Waals surface area contributed by atoms with Crippen LogP contribution >= 0.6 is 0 Å². The molecule has 16 bridgehead atoms. The quantitative estimate of drug-likeness (QED) is 0.0297. The number of hydrogen-bond acceptors (Lipinski definition) is 48. The minimum atomic E-state index is -2.29. The molecular formula is C72H128O48. The fourth-order valence-electron chi connectivity index (χ4n) is 14.6. The lowest BCUT2D eigenvalue weighted by Gasteiger charge is -2.51. The van der Waals surface area contributed by atoms with Crippen LogP contribution in [0.25, 0.3) is 0 Å². The van der Waals surface area contributed by atoms with Gasteiger partial charge in [0.1, 0.15) is 195 Å². The molecule has 30 saturated heterocycles. The zero-order valence-corrected chi connectivity index (χ0v) is 67.6. The van der Waals surface area contributed by atoms with E-state index in [1.165, 1.54) is 55.4 Å². The molecule has 30 fully saturated rings. The van der Waals surface area contributed by atoms with E-state index in [-0.39, 0.29) is 0 Å². The van der Waals surface area contributed by atoms with E-state index in [1.807, 2.05) is 0 Å². The van der Waals surface area contributed by atoms with Crippen molar-refractivity contribution in [2.24, 2.45) is 0 Å². The standard InChI is InChI=1S/C72H128O48/c1-25(73)9-97-17-33-57-41(81)49(89)65(105-33)114-58-34(18-98-10-26(2)74)107-67(51(91)43(58)83)116-60-36(20-100-12-28(4)76)109-69(53(93)45(60)85)118-62-38(22-102-14-30(6)78)111-71(55(95)47(62)87)120-64-40(24-104-16-32(8)80)112-72(56(96)48(64)88)119-63-39(23-103-15-31(7)79)110-70(54(94)46(63)86)117-61-37(21-101-13-29(5)77)108-68(52(92)44(61)84)115-59-35(19-99-11-27(3)75)106-66(113-57)50(90)42(59)82/h25-96H,9-24H2,1-8H3/t25?,26?,27?,28?,29?,30?,31?,32?,33-,34-,35-,36-,37-,38-,39-,40-,41-,42-,43-,44-,45-,46-,47-,48-,49-,50-,51-,52-,53-,54-,55-,56-,57-,58-,59-,60-,61-,62-,63-,64-,65-,66-,67-,68-,69-,70-,71-,72-/m1/s1. The van der Waals surface area contributed by atoms with Crippen LogP contribution in [0.4, 0.5) is 0 Å². The molecule has 0 radical (unpaired) electrons. The number of aliphatic hydroxyl groups excluding tert-OH is 24. The van der Waals surface area contributed by atoms with Gasteiger partial charge in [0.15, 0.2) is 50.3 Å². The van der Waals surface area contributed by atoms with Gasteiger partial charge in [0.2, 0.25) is 0 Å². The lowest BCUT2D eigenvalue weighted by Crippen LogP contribution is -2.69. The molecule has 120 heavy (non-hydrogen) atoms. The van der Waals surface area contributed by atoms with Gasteiger partial charge in [0, 0.05) is 0 Å². The second-order valence-electron chi connectivity index (χ2n) is 32.1. The van der Waals surface area contributed by atoms with E-state index in [2.05, 4.69) is 0 Å². The summed E-state index contributed by atoms with van der Waals surface area (Å²) in [6, 6.07) is 0. The zero-order chi connectivity index (χ0) is 88.0. The van der Waals surface area contributed by atoms with Gasteiger partial charge in [-0.15, -0.1) is 0 Å². The van der Waals surface area contributed by atoms with Crippen molar-refractivity contribution in [1.29, 1.82) is 0 Å². The number of aliphatic hydroxyl groups is 24. The summed E-state index contributed by atoms with van der Waals surface area (Å²) in [6.07, 6.45) is -91.2. The maximum atomic E-state index is 12.2. The summed E-state index contributed by atoms with van der Waals surface area (Å²) in [5.41, 5.74) is 0. The highest BCUT2D eigenvalue weighted by atomic mass is 16.8. The smallest absolute Gasteiger partial charge is 0.187 e. The Kier molecular flexibility index (Phi) is 40.4. The van der Waals surface area contributed by atoms with Gasteiger partial charge in [-0.1, -0.05) is 0 Å². The van der Waals surface area contributed by atoms with Crippen molar-refractivity contribution in [3.05, 3.63) is 0 Å². The molecule has 30 rings (SSSR count). The third-order valence-electron chi connectivity index (χ3n) is 20.6. The first-order valence-corrected chi connectivity index (χ1v) is 40.2. The minimum Gasteiger partial charge on any atom is -0.391 e. The summed E-state index contributed by atoms with van der Waals surface area (Å²) in [4.78, 5) is 0. The summed E-state index contributed by atoms with van der Waals surface area (Å²) in [7, 11) is 0. The summed E-state index contributed by atoms with van der Waals surface area (Å²) >= 11 is 0. The molecule has 0 aromatic carbocycles. The molecule has 0 amide bonds. The van der Waals surface area contributed by atoms with Crippen LogP contribution in [0.1, 0.15) is 55.4 Å². The molecule has 30 aliphatic heterocycles. The molecule has 0 aromatic rings. The molecule has 48 atom stereocenters. The fraction of sp³-hybridized carbons (Fsp3) is 1.00. The summed E-state index contributed by atoms with van der Waals surface area (Å²) in [5.74, 6) is 0. The SMILES string of the molecule is CC(O)COC[C@H]1O[C@@H]2O[C@H]3[C@H](O)[C@@H](O)[C@@H](O[C@H]4[C@H](O)[C@@H](O)[C@@H](O[C@H]5[C@H](O)[C@@H](O)[C@@H](O[C@H]6[C@H](O)[C@@H](O)[C@@H](O[C@H]7[C@H](O)[C@@H](O)[C@@H](O[C@H]8[C@H](O)[C@@H](O)[C@@H](O[C@H]9[C@H](O)[C@@H](O)[C@@H](O[C@H]1[C@H](O)[C@H]2O)O[C@@H]9COCC(C)O)O[C@@H]8COCC(C)O)O[C@@H]7COCC(C)O)O[C@@H]6COCC(C)O)O[C@@H]5COCC(C)O)O[C@@H]4COCC(C)O)O[C@@H]3COCC(C)O. The first-order valence-electron chi connectivity index (χ1n) is 40.2. The predicted molar refractivity (Wildman–Crippen MR) is 384 cm³/mol. The lowest BCUT2D eigenvalue weighted by atomic mass is 9.94. The Morgan fingerprint density at radius 1 is 0.158 bits per heavy atom. The van der Waals surface area contributed by atoms with Crippen molar-refractivity contribution in [3.8, 4) is 0 Å². The Bertz CT molecular complexity index is 2320. The number of rotatable bonds is 32. The Hall–Kier alpha value is -1.92. The topological polar surface area (TPSA) is 707 Å². The molecule has 0 saturated carbocycles. The van der Waals surface area contributed by atoms with Crippen LogP contribution in [-0.4, -0.2) is 523 Å². The predicted octanol–water partition coefficient (Wildman–Crippen LogP) is -14.2. The van der Waals surface area contributed by atoms with Crippen LogP contribution in [0.3, 0.4) is 0 Å². The molecule has 704 valence electrons. The third kappa shape index (κ3) is 27.1. The average Bonchev–Trinajstić information content (AvgIpc) is 0.771. The fourth-order valence-corrected chi connectivity index (χ4v) is 14.6. The molecule has 30 heterocycles.